The molecule has 1 aromatic heterocycles. The highest BCUT2D eigenvalue weighted by molar-refractivity contribution is 5.94. The van der Waals surface area contributed by atoms with E-state index in [1.165, 1.54) is 17.9 Å². The first-order chi connectivity index (χ1) is 13.9. The summed E-state index contributed by atoms with van der Waals surface area (Å²) in [5.74, 6) is -0.667. The molecule has 3 rings (SSSR count). The highest BCUT2D eigenvalue weighted by Crippen LogP contribution is 2.26. The van der Waals surface area contributed by atoms with Crippen LogP contribution in [0.15, 0.2) is 71.1 Å². The molecule has 0 N–H and O–H groups in total. The monoisotopic (exact) mass is 391 g/mol. The summed E-state index contributed by atoms with van der Waals surface area (Å²) in [7, 11) is 3.20. The second kappa shape index (κ2) is 8.56. The van der Waals surface area contributed by atoms with Crippen LogP contribution in [0.25, 0.3) is 11.3 Å². The topological polar surface area (TPSA) is 76.8 Å². The van der Waals surface area contributed by atoms with Gasteiger partial charge in [0.15, 0.2) is 5.78 Å². The lowest BCUT2D eigenvalue weighted by Crippen LogP contribution is -2.31. The molecule has 0 radical (unpaired) electrons. The van der Waals surface area contributed by atoms with Crippen LogP contribution in [0.5, 0.6) is 0 Å². The average Bonchev–Trinajstić information content (AvgIpc) is 3.22. The van der Waals surface area contributed by atoms with Gasteiger partial charge in [-0.05, 0) is 19.1 Å². The van der Waals surface area contributed by atoms with Gasteiger partial charge in [-0.25, -0.2) is 4.79 Å². The van der Waals surface area contributed by atoms with E-state index in [-0.39, 0.29) is 17.5 Å². The maximum atomic E-state index is 12.6. The average molecular weight is 391 g/mol. The molecule has 0 saturated heterocycles. The Labute approximate surface area is 168 Å². The molecule has 0 bridgehead atoms. The Balaban J connectivity index is 1.81. The summed E-state index contributed by atoms with van der Waals surface area (Å²) in [5.41, 5.74) is 1.89. The molecular formula is C23H21NO5. The number of likely N-dealkylation sites (N-methyl/N-ethyl adjacent to an activating group) is 1. The summed E-state index contributed by atoms with van der Waals surface area (Å²) in [6.07, 6.45) is -1.07. The Bertz CT molecular complexity index is 1020. The first-order valence-electron chi connectivity index (χ1n) is 9.05. The number of benzene rings is 2. The van der Waals surface area contributed by atoms with E-state index in [1.807, 2.05) is 6.07 Å². The van der Waals surface area contributed by atoms with E-state index in [1.54, 1.807) is 68.7 Å². The van der Waals surface area contributed by atoms with Crippen molar-refractivity contribution in [3.63, 3.8) is 0 Å². The van der Waals surface area contributed by atoms with Crippen LogP contribution in [0.3, 0.4) is 0 Å². The molecule has 1 atom stereocenters. The molecule has 0 aliphatic carbocycles. The lowest BCUT2D eigenvalue weighted by atomic mass is 10.1. The highest BCUT2D eigenvalue weighted by Gasteiger charge is 2.28. The van der Waals surface area contributed by atoms with Crippen LogP contribution in [0.1, 0.15) is 39.5 Å². The fourth-order valence-electron chi connectivity index (χ4n) is 2.76. The van der Waals surface area contributed by atoms with Crippen molar-refractivity contribution in [2.75, 3.05) is 14.1 Å². The molecular weight excluding hydrogens is 370 g/mol. The zero-order valence-corrected chi connectivity index (χ0v) is 16.4. The maximum absolute atomic E-state index is 12.6. The van der Waals surface area contributed by atoms with E-state index in [2.05, 4.69) is 0 Å². The summed E-state index contributed by atoms with van der Waals surface area (Å²) in [6, 6.07) is 18.8. The molecule has 6 nitrogen and oxygen atoms in total. The van der Waals surface area contributed by atoms with Gasteiger partial charge in [0.05, 0.1) is 0 Å². The highest BCUT2D eigenvalue weighted by atomic mass is 16.6. The molecule has 6 heteroatoms. The second-order valence-electron chi connectivity index (χ2n) is 6.73. The van der Waals surface area contributed by atoms with Crippen LogP contribution in [-0.2, 0) is 9.53 Å². The Morgan fingerprint density at radius 1 is 0.897 bits per heavy atom. The van der Waals surface area contributed by atoms with Gasteiger partial charge in [-0.15, -0.1) is 0 Å². The number of hydrogen-bond acceptors (Lipinski definition) is 5. The van der Waals surface area contributed by atoms with Gasteiger partial charge in [0.2, 0.25) is 11.9 Å². The zero-order valence-electron chi connectivity index (χ0n) is 16.4. The van der Waals surface area contributed by atoms with Crippen LogP contribution in [0, 0.1) is 0 Å². The van der Waals surface area contributed by atoms with Crippen molar-refractivity contribution in [2.45, 2.75) is 13.0 Å². The largest absolute Gasteiger partial charge is 0.449 e. The van der Waals surface area contributed by atoms with Gasteiger partial charge in [-0.2, -0.15) is 0 Å². The molecule has 0 saturated carbocycles. The lowest BCUT2D eigenvalue weighted by Gasteiger charge is -2.20. The molecule has 29 heavy (non-hydrogen) atoms. The summed E-state index contributed by atoms with van der Waals surface area (Å²) in [5, 5.41) is 0. The summed E-state index contributed by atoms with van der Waals surface area (Å²) in [4.78, 5) is 37.9. The van der Waals surface area contributed by atoms with Crippen molar-refractivity contribution in [2.24, 2.45) is 0 Å². The number of carbonyl (C=O) groups excluding carboxylic acids is 3. The molecule has 0 fully saturated rings. The predicted octanol–water partition coefficient (Wildman–Crippen LogP) is 4.14. The first kappa shape index (κ1) is 20.1. The third-order valence-electron chi connectivity index (χ3n) is 4.38. The molecule has 3 aromatic rings. The number of furan rings is 1. The number of hydrogen-bond donors (Lipinski definition) is 0. The standard InChI is InChI=1S/C23H21NO5/c1-15(25)16-9-11-17(12-10-16)19-13-14-20(28-19)23(27)29-21(22(26)24(2)3)18-7-5-4-6-8-18/h4-14,21H,1-3H3. The number of ketones is 1. The number of nitrogens with zero attached hydrogens (tertiary/aromatic N) is 1. The normalized spacial score (nSPS) is 11.6. The predicted molar refractivity (Wildman–Crippen MR) is 107 cm³/mol. The maximum Gasteiger partial charge on any atom is 0.375 e. The second-order valence-corrected chi connectivity index (χ2v) is 6.73. The molecule has 148 valence electrons. The lowest BCUT2D eigenvalue weighted by molar-refractivity contribution is -0.138. The SMILES string of the molecule is CC(=O)c1ccc(-c2ccc(C(=O)OC(C(=O)N(C)C)c3ccccc3)o2)cc1. The summed E-state index contributed by atoms with van der Waals surface area (Å²) in [6.45, 7) is 1.49. The van der Waals surface area contributed by atoms with E-state index < -0.39 is 12.1 Å². The Morgan fingerprint density at radius 3 is 2.14 bits per heavy atom. The minimum absolute atomic E-state index is 0.0110. The van der Waals surface area contributed by atoms with E-state index in [4.69, 9.17) is 9.15 Å². The van der Waals surface area contributed by atoms with Gasteiger partial charge in [-0.3, -0.25) is 9.59 Å². The smallest absolute Gasteiger partial charge is 0.375 e. The summed E-state index contributed by atoms with van der Waals surface area (Å²) >= 11 is 0. The Kier molecular flexibility index (Phi) is 5.93. The Hall–Kier alpha value is -3.67. The fourth-order valence-corrected chi connectivity index (χ4v) is 2.76. The van der Waals surface area contributed by atoms with E-state index in [0.29, 0.717) is 16.9 Å². The van der Waals surface area contributed by atoms with Gasteiger partial charge in [0.25, 0.3) is 5.91 Å². The summed E-state index contributed by atoms with van der Waals surface area (Å²) < 4.78 is 11.1. The zero-order chi connectivity index (χ0) is 21.0. The quantitative estimate of drug-likeness (QED) is 0.466. The molecule has 0 aliphatic rings. The number of amides is 1. The van der Waals surface area contributed by atoms with Crippen molar-refractivity contribution in [1.29, 1.82) is 0 Å². The molecule has 0 spiro atoms. The molecule has 0 aliphatic heterocycles. The van der Waals surface area contributed by atoms with Crippen molar-refractivity contribution >= 4 is 17.7 Å². The van der Waals surface area contributed by atoms with Crippen LogP contribution in [0.2, 0.25) is 0 Å². The minimum Gasteiger partial charge on any atom is -0.449 e. The molecule has 1 amide bonds. The first-order valence-corrected chi connectivity index (χ1v) is 9.05. The van der Waals surface area contributed by atoms with E-state index in [0.717, 1.165) is 5.56 Å². The minimum atomic E-state index is -1.07. The van der Waals surface area contributed by atoms with Crippen LogP contribution >= 0.6 is 0 Å². The van der Waals surface area contributed by atoms with Gasteiger partial charge in [-0.1, -0.05) is 54.6 Å². The third kappa shape index (κ3) is 4.60. The van der Waals surface area contributed by atoms with E-state index >= 15 is 0 Å². The van der Waals surface area contributed by atoms with Gasteiger partial charge < -0.3 is 14.1 Å². The van der Waals surface area contributed by atoms with Crippen LogP contribution < -0.4 is 0 Å². The third-order valence-corrected chi connectivity index (χ3v) is 4.38. The fraction of sp³-hybridized carbons (Fsp3) is 0.174. The number of ether oxygens (including phenoxy) is 1. The number of esters is 1. The molecule has 1 unspecified atom stereocenters. The number of carbonyl (C=O) groups is 3. The van der Waals surface area contributed by atoms with Crippen molar-refractivity contribution in [3.8, 4) is 11.3 Å². The van der Waals surface area contributed by atoms with Crippen molar-refractivity contribution in [3.05, 3.63) is 83.6 Å². The van der Waals surface area contributed by atoms with Gasteiger partial charge in [0.1, 0.15) is 5.76 Å². The van der Waals surface area contributed by atoms with Crippen LogP contribution in [-0.4, -0.2) is 36.7 Å². The number of rotatable bonds is 6. The molecule has 2 aromatic carbocycles. The van der Waals surface area contributed by atoms with Crippen LogP contribution in [0.4, 0.5) is 0 Å². The van der Waals surface area contributed by atoms with Crippen molar-refractivity contribution < 1.29 is 23.5 Å². The van der Waals surface area contributed by atoms with E-state index in [9.17, 15) is 14.4 Å². The molecule has 1 heterocycles. The Morgan fingerprint density at radius 2 is 1.55 bits per heavy atom. The number of Topliss-reactive ketones (excluding diaryl/α,β-unsaturated/α-hetero) is 1. The van der Waals surface area contributed by atoms with Crippen molar-refractivity contribution in [1.82, 2.24) is 4.90 Å². The van der Waals surface area contributed by atoms with Gasteiger partial charge in [0, 0.05) is 30.8 Å². The van der Waals surface area contributed by atoms with Gasteiger partial charge >= 0.3 is 5.97 Å².